The summed E-state index contributed by atoms with van der Waals surface area (Å²) in [7, 11) is 0. The van der Waals surface area contributed by atoms with Gasteiger partial charge < -0.3 is 9.64 Å². The normalized spacial score (nSPS) is 31.9. The summed E-state index contributed by atoms with van der Waals surface area (Å²) >= 11 is 13.6. The van der Waals surface area contributed by atoms with Crippen molar-refractivity contribution in [2.24, 2.45) is 29.6 Å². The number of hydrogen-bond donors (Lipinski definition) is 0. The second kappa shape index (κ2) is 9.45. The third-order valence-electron chi connectivity index (χ3n) is 8.60. The summed E-state index contributed by atoms with van der Waals surface area (Å²) < 4.78 is 5.64. The number of hydrogen-bond acceptors (Lipinski definition) is 5. The Morgan fingerprint density at radius 2 is 1.63 bits per heavy atom. The minimum Gasteiger partial charge on any atom is -0.426 e. The number of anilines is 2. The van der Waals surface area contributed by atoms with E-state index in [1.54, 1.807) is 42.2 Å². The number of nitrogens with zero attached hydrogens (tertiary/aromatic N) is 2. The first-order chi connectivity index (χ1) is 18.1. The Bertz CT molecular complexity index is 1370. The highest BCUT2D eigenvalue weighted by Gasteiger charge is 2.66. The molecule has 2 aromatic rings. The summed E-state index contributed by atoms with van der Waals surface area (Å²) in [5.41, 5.74) is 2.65. The summed E-state index contributed by atoms with van der Waals surface area (Å²) in [4.78, 5) is 55.7. The van der Waals surface area contributed by atoms with Gasteiger partial charge in [-0.1, -0.05) is 49.5 Å². The molecule has 38 heavy (non-hydrogen) atoms. The van der Waals surface area contributed by atoms with Gasteiger partial charge in [0.15, 0.2) is 0 Å². The van der Waals surface area contributed by atoms with Gasteiger partial charge in [0, 0.05) is 33.3 Å². The van der Waals surface area contributed by atoms with E-state index in [4.69, 9.17) is 16.3 Å². The van der Waals surface area contributed by atoms with Crippen LogP contribution in [0.3, 0.4) is 0 Å². The SMILES string of the molecule is Cc1cc(OC(=O)[C@@H]2CC(=O)N(c3cccc(Cl)c3C)C2)ccc1N1C(=O)[C@@H]2[C@H]3C[C@@H]([C@@H](Br)[C@H]3Br)[C@H]2C1=O. The Kier molecular flexibility index (Phi) is 6.47. The number of fused-ring (bicyclic) bond motifs is 5. The van der Waals surface area contributed by atoms with Crippen molar-refractivity contribution >= 4 is 78.5 Å². The standard InChI is InChI=1S/C28H25Br2ClN2O5/c1-12-8-15(38-28(37)14-9-21(34)32(11-14)20-5-3-4-18(31)13(20)2)6-7-19(12)33-26(35)22-16-10-17(23(22)27(33)36)25(30)24(16)29/h3-8,14,16-17,22-25H,9-11H2,1-2H3/t14-,16-,17-,22-,23-,24-,25+/m1/s1. The summed E-state index contributed by atoms with van der Waals surface area (Å²) in [6, 6.07) is 10.3. The molecule has 198 valence electrons. The van der Waals surface area contributed by atoms with Gasteiger partial charge in [-0.15, -0.1) is 0 Å². The first-order valence-electron chi connectivity index (χ1n) is 12.6. The lowest BCUT2D eigenvalue weighted by atomic mass is 9.81. The molecule has 4 fully saturated rings. The van der Waals surface area contributed by atoms with Crippen LogP contribution in [0.5, 0.6) is 5.75 Å². The summed E-state index contributed by atoms with van der Waals surface area (Å²) in [5.74, 6) is -1.59. The van der Waals surface area contributed by atoms with Gasteiger partial charge in [-0.3, -0.25) is 19.2 Å². The number of carbonyl (C=O) groups is 4. The fourth-order valence-corrected chi connectivity index (χ4v) is 8.76. The van der Waals surface area contributed by atoms with Gasteiger partial charge in [0.25, 0.3) is 0 Å². The van der Waals surface area contributed by atoms with Crippen LogP contribution < -0.4 is 14.5 Å². The summed E-state index contributed by atoms with van der Waals surface area (Å²) in [6.45, 7) is 3.84. The van der Waals surface area contributed by atoms with Gasteiger partial charge in [0.1, 0.15) is 5.75 Å². The maximum absolute atomic E-state index is 13.4. The maximum Gasteiger partial charge on any atom is 0.316 e. The zero-order valence-electron chi connectivity index (χ0n) is 20.7. The predicted octanol–water partition coefficient (Wildman–Crippen LogP) is 5.20. The molecule has 0 radical (unpaired) electrons. The average molecular weight is 665 g/mol. The number of ether oxygens (including phenoxy) is 1. The van der Waals surface area contributed by atoms with Crippen LogP contribution in [0.15, 0.2) is 36.4 Å². The van der Waals surface area contributed by atoms with Crippen LogP contribution >= 0.6 is 43.5 Å². The van der Waals surface area contributed by atoms with Gasteiger partial charge in [-0.25, -0.2) is 4.90 Å². The zero-order valence-corrected chi connectivity index (χ0v) is 24.6. The molecular formula is C28H25Br2ClN2O5. The molecule has 2 aromatic carbocycles. The van der Waals surface area contributed by atoms with E-state index >= 15 is 0 Å². The molecule has 0 N–H and O–H groups in total. The molecule has 2 saturated carbocycles. The molecule has 6 rings (SSSR count). The molecule has 2 heterocycles. The van der Waals surface area contributed by atoms with Crippen LogP contribution in [0, 0.1) is 43.4 Å². The highest BCUT2D eigenvalue weighted by atomic mass is 79.9. The van der Waals surface area contributed by atoms with Crippen LogP contribution in [0.4, 0.5) is 11.4 Å². The third kappa shape index (κ3) is 3.87. The number of halogens is 3. The van der Waals surface area contributed by atoms with Crippen molar-refractivity contribution in [3.63, 3.8) is 0 Å². The predicted molar refractivity (Wildman–Crippen MR) is 150 cm³/mol. The molecular weight excluding hydrogens is 640 g/mol. The van der Waals surface area contributed by atoms with Crippen LogP contribution in [-0.4, -0.2) is 39.9 Å². The number of esters is 1. The number of amides is 3. The van der Waals surface area contributed by atoms with Gasteiger partial charge >= 0.3 is 5.97 Å². The lowest BCUT2D eigenvalue weighted by Gasteiger charge is -2.28. The van der Waals surface area contributed by atoms with E-state index in [0.717, 1.165) is 12.0 Å². The number of benzene rings is 2. The zero-order chi connectivity index (χ0) is 27.0. The second-order valence-corrected chi connectivity index (χ2v) is 13.2. The van der Waals surface area contributed by atoms with Crippen molar-refractivity contribution in [2.45, 2.75) is 36.3 Å². The molecule has 3 amide bonds. The lowest BCUT2D eigenvalue weighted by molar-refractivity contribution is -0.139. The molecule has 4 aliphatic rings. The van der Waals surface area contributed by atoms with E-state index in [0.29, 0.717) is 27.7 Å². The van der Waals surface area contributed by atoms with E-state index in [1.165, 1.54) is 4.90 Å². The Labute approximate surface area is 242 Å². The van der Waals surface area contributed by atoms with E-state index in [2.05, 4.69) is 31.9 Å². The molecule has 2 aliphatic heterocycles. The highest BCUT2D eigenvalue weighted by molar-refractivity contribution is 9.12. The lowest BCUT2D eigenvalue weighted by Crippen LogP contribution is -2.37. The van der Waals surface area contributed by atoms with Crippen molar-refractivity contribution < 1.29 is 23.9 Å². The smallest absolute Gasteiger partial charge is 0.316 e. The molecule has 0 spiro atoms. The number of imide groups is 1. The van der Waals surface area contributed by atoms with Crippen LogP contribution in [-0.2, 0) is 19.2 Å². The van der Waals surface area contributed by atoms with Crippen molar-refractivity contribution in [3.05, 3.63) is 52.5 Å². The van der Waals surface area contributed by atoms with Crippen molar-refractivity contribution in [3.8, 4) is 5.75 Å². The number of rotatable bonds is 4. The molecule has 2 saturated heterocycles. The molecule has 2 bridgehead atoms. The number of carbonyl (C=O) groups excluding carboxylic acids is 4. The Balaban J connectivity index is 1.17. The number of alkyl halides is 2. The molecule has 10 heteroatoms. The summed E-state index contributed by atoms with van der Waals surface area (Å²) in [5, 5.41) is 0.558. The minimum absolute atomic E-state index is 0.0485. The highest BCUT2D eigenvalue weighted by Crippen LogP contribution is 2.60. The van der Waals surface area contributed by atoms with Gasteiger partial charge in [0.2, 0.25) is 17.7 Å². The van der Waals surface area contributed by atoms with Crippen molar-refractivity contribution in [1.82, 2.24) is 0 Å². The Morgan fingerprint density at radius 3 is 2.26 bits per heavy atom. The first-order valence-corrected chi connectivity index (χ1v) is 14.8. The van der Waals surface area contributed by atoms with Crippen LogP contribution in [0.1, 0.15) is 24.0 Å². The molecule has 0 aromatic heterocycles. The fraction of sp³-hybridized carbons (Fsp3) is 0.429. The first kappa shape index (κ1) is 26.0. The van der Waals surface area contributed by atoms with Crippen molar-refractivity contribution in [2.75, 3.05) is 16.3 Å². The molecule has 7 atom stereocenters. The van der Waals surface area contributed by atoms with Crippen LogP contribution in [0.25, 0.3) is 0 Å². The molecule has 2 aliphatic carbocycles. The van der Waals surface area contributed by atoms with E-state index in [9.17, 15) is 19.2 Å². The Hall–Kier alpha value is -2.23. The monoisotopic (exact) mass is 662 g/mol. The molecule has 0 unspecified atom stereocenters. The topological polar surface area (TPSA) is 84.0 Å². The number of aryl methyl sites for hydroxylation is 1. The quantitative estimate of drug-likeness (QED) is 0.194. The summed E-state index contributed by atoms with van der Waals surface area (Å²) in [6.07, 6.45) is 0.922. The van der Waals surface area contributed by atoms with Crippen molar-refractivity contribution in [1.29, 1.82) is 0 Å². The average Bonchev–Trinajstić information content (AvgIpc) is 3.59. The fourth-order valence-electron chi connectivity index (χ4n) is 6.71. The van der Waals surface area contributed by atoms with Crippen LogP contribution in [0.2, 0.25) is 5.02 Å². The van der Waals surface area contributed by atoms with Gasteiger partial charge in [0.05, 0.1) is 23.4 Å². The van der Waals surface area contributed by atoms with E-state index < -0.39 is 11.9 Å². The third-order valence-corrected chi connectivity index (χ3v) is 12.2. The minimum atomic E-state index is -0.619. The molecule has 7 nitrogen and oxygen atoms in total. The second-order valence-electron chi connectivity index (χ2n) is 10.7. The van der Waals surface area contributed by atoms with Gasteiger partial charge in [-0.05, 0) is 73.6 Å². The maximum atomic E-state index is 13.4. The van der Waals surface area contributed by atoms with E-state index in [-0.39, 0.29) is 64.0 Å². The van der Waals surface area contributed by atoms with Gasteiger partial charge in [-0.2, -0.15) is 0 Å². The van der Waals surface area contributed by atoms with E-state index in [1.807, 2.05) is 13.0 Å². The Morgan fingerprint density at radius 1 is 0.974 bits per heavy atom. The largest absolute Gasteiger partial charge is 0.426 e.